The van der Waals surface area contributed by atoms with Gasteiger partial charge < -0.3 is 9.31 Å². The summed E-state index contributed by atoms with van der Waals surface area (Å²) in [5.41, 5.74) is 1.12. The molecule has 0 unspecified atom stereocenters. The van der Waals surface area contributed by atoms with Crippen molar-refractivity contribution in [2.75, 3.05) is 0 Å². The molecule has 3 heteroatoms. The molecule has 18 heavy (non-hydrogen) atoms. The van der Waals surface area contributed by atoms with Crippen molar-refractivity contribution in [3.63, 3.8) is 0 Å². The van der Waals surface area contributed by atoms with Gasteiger partial charge in [-0.25, -0.2) is 0 Å². The minimum atomic E-state index is -0.472. The van der Waals surface area contributed by atoms with Gasteiger partial charge >= 0.3 is 7.12 Å². The quantitative estimate of drug-likeness (QED) is 0.587. The first-order valence-corrected chi connectivity index (χ1v) is 5.75. The van der Waals surface area contributed by atoms with Crippen LogP contribution in [-0.2, 0) is 11.0 Å². The smallest absolute Gasteiger partial charge is 0.525 e. The zero-order valence-corrected chi connectivity index (χ0v) is 9.95. The summed E-state index contributed by atoms with van der Waals surface area (Å²) in [5, 5.41) is 0. The van der Waals surface area contributed by atoms with Gasteiger partial charge in [-0.3, -0.25) is 0 Å². The van der Waals surface area contributed by atoms with Gasteiger partial charge in [0.05, 0.1) is 6.11 Å². The Labute approximate surface area is 108 Å². The number of terminal acetylenes is 1. The van der Waals surface area contributed by atoms with E-state index in [1.54, 1.807) is 0 Å². The molecule has 0 aliphatic rings. The van der Waals surface area contributed by atoms with Gasteiger partial charge in [-0.05, 0) is 17.7 Å². The van der Waals surface area contributed by atoms with Crippen LogP contribution in [0, 0.1) is 12.5 Å². The largest absolute Gasteiger partial charge is 0.608 e. The van der Waals surface area contributed by atoms with Gasteiger partial charge in [0.25, 0.3) is 0 Å². The lowest BCUT2D eigenvalue weighted by Crippen LogP contribution is -2.27. The average molecular weight is 236 g/mol. The Hall–Kier alpha value is -2.34. The number of hydrogen-bond donors (Lipinski definition) is 0. The van der Waals surface area contributed by atoms with Crippen LogP contribution < -0.4 is 4.65 Å². The Kier molecular flexibility index (Phi) is 4.32. The molecule has 0 aliphatic carbocycles. The molecule has 0 aromatic heterocycles. The normalized spacial score (nSPS) is 9.28. The van der Waals surface area contributed by atoms with E-state index >= 15 is 0 Å². The molecular weight excluding hydrogens is 223 g/mol. The summed E-state index contributed by atoms with van der Waals surface area (Å²) in [4.78, 5) is 0. The Balaban J connectivity index is 2.03. The highest BCUT2D eigenvalue weighted by Crippen LogP contribution is 2.12. The SMILES string of the molecule is C#COB(Cc1ccccc1)Oc1ccccc1. The fraction of sp³-hybridized carbons (Fsp3) is 0.0667. The van der Waals surface area contributed by atoms with Crippen molar-refractivity contribution in [1.29, 1.82) is 0 Å². The molecule has 0 amide bonds. The third kappa shape index (κ3) is 3.60. The van der Waals surface area contributed by atoms with Gasteiger partial charge in [-0.1, -0.05) is 55.0 Å². The molecule has 2 aromatic rings. The van der Waals surface area contributed by atoms with Gasteiger partial charge in [-0.15, -0.1) is 0 Å². The third-order valence-corrected chi connectivity index (χ3v) is 2.46. The van der Waals surface area contributed by atoms with Crippen LogP contribution in [0.3, 0.4) is 0 Å². The molecule has 0 spiro atoms. The first-order chi connectivity index (χ1) is 8.88. The maximum Gasteiger partial charge on any atom is 0.608 e. The van der Waals surface area contributed by atoms with Crippen LogP contribution in [0.15, 0.2) is 60.7 Å². The van der Waals surface area contributed by atoms with Crippen LogP contribution in [0.5, 0.6) is 5.75 Å². The predicted octanol–water partition coefficient (Wildman–Crippen LogP) is 2.94. The molecule has 0 saturated carbocycles. The maximum atomic E-state index is 5.69. The Morgan fingerprint density at radius 3 is 2.17 bits per heavy atom. The second kappa shape index (κ2) is 6.41. The lowest BCUT2D eigenvalue weighted by Gasteiger charge is -2.12. The summed E-state index contributed by atoms with van der Waals surface area (Å²) in [6.45, 7) is 0. The molecule has 0 atom stereocenters. The van der Waals surface area contributed by atoms with Crippen molar-refractivity contribution in [1.82, 2.24) is 0 Å². The highest BCUT2D eigenvalue weighted by atomic mass is 16.6. The number of hydrogen-bond acceptors (Lipinski definition) is 2. The van der Waals surface area contributed by atoms with E-state index in [9.17, 15) is 0 Å². The number of benzene rings is 2. The van der Waals surface area contributed by atoms with Gasteiger partial charge in [0, 0.05) is 6.32 Å². The standard InChI is InChI=1S/C15H13BO2/c1-2-17-16(13-14-9-5-3-6-10-14)18-15-11-7-4-8-12-15/h1,3-12H,13H2. The molecule has 2 rings (SSSR count). The van der Waals surface area contributed by atoms with E-state index in [0.29, 0.717) is 6.32 Å². The molecule has 0 heterocycles. The van der Waals surface area contributed by atoms with Gasteiger partial charge in [0.15, 0.2) is 0 Å². The minimum absolute atomic E-state index is 0.472. The fourth-order valence-electron chi connectivity index (χ4n) is 1.64. The van der Waals surface area contributed by atoms with E-state index in [1.165, 1.54) is 0 Å². The molecule has 0 aliphatic heterocycles. The van der Waals surface area contributed by atoms with Crippen LogP contribution in [-0.4, -0.2) is 7.12 Å². The van der Waals surface area contributed by atoms with Crippen LogP contribution in [0.1, 0.15) is 5.56 Å². The topological polar surface area (TPSA) is 18.5 Å². The van der Waals surface area contributed by atoms with Gasteiger partial charge in [0.2, 0.25) is 0 Å². The second-order valence-corrected chi connectivity index (χ2v) is 3.79. The van der Waals surface area contributed by atoms with Crippen molar-refractivity contribution in [2.45, 2.75) is 6.32 Å². The van der Waals surface area contributed by atoms with E-state index in [4.69, 9.17) is 15.7 Å². The molecule has 0 N–H and O–H groups in total. The molecule has 88 valence electrons. The van der Waals surface area contributed by atoms with Gasteiger partial charge in [-0.2, -0.15) is 0 Å². The maximum absolute atomic E-state index is 5.69. The summed E-state index contributed by atoms with van der Waals surface area (Å²) in [6, 6.07) is 19.4. The highest BCUT2D eigenvalue weighted by Gasteiger charge is 2.22. The van der Waals surface area contributed by atoms with Crippen molar-refractivity contribution >= 4 is 7.12 Å². The lowest BCUT2D eigenvalue weighted by atomic mass is 9.80. The molecule has 0 fully saturated rings. The van der Waals surface area contributed by atoms with Crippen molar-refractivity contribution < 1.29 is 9.31 Å². The minimum Gasteiger partial charge on any atom is -0.525 e. The summed E-state index contributed by atoms with van der Waals surface area (Å²) in [7, 11) is -0.472. The summed E-state index contributed by atoms with van der Waals surface area (Å²) in [6.07, 6.45) is 7.98. The van der Waals surface area contributed by atoms with Crippen LogP contribution >= 0.6 is 0 Å². The first kappa shape index (κ1) is 12.1. The van der Waals surface area contributed by atoms with E-state index in [-0.39, 0.29) is 0 Å². The highest BCUT2D eigenvalue weighted by molar-refractivity contribution is 6.45. The van der Waals surface area contributed by atoms with E-state index in [2.05, 4.69) is 6.11 Å². The lowest BCUT2D eigenvalue weighted by molar-refractivity contribution is 0.398. The molecule has 0 saturated heterocycles. The van der Waals surface area contributed by atoms with Gasteiger partial charge in [0.1, 0.15) is 5.75 Å². The molecular formula is C15H13BO2. The van der Waals surface area contributed by atoms with E-state index in [0.717, 1.165) is 11.3 Å². The molecule has 2 nitrogen and oxygen atoms in total. The van der Waals surface area contributed by atoms with Crippen LogP contribution in [0.4, 0.5) is 0 Å². The Morgan fingerprint density at radius 2 is 1.56 bits per heavy atom. The summed E-state index contributed by atoms with van der Waals surface area (Å²) < 4.78 is 10.8. The van der Waals surface area contributed by atoms with Crippen molar-refractivity contribution in [3.8, 4) is 18.3 Å². The van der Waals surface area contributed by atoms with E-state index < -0.39 is 7.12 Å². The van der Waals surface area contributed by atoms with E-state index in [1.807, 2.05) is 60.7 Å². The summed E-state index contributed by atoms with van der Waals surface area (Å²) >= 11 is 0. The first-order valence-electron chi connectivity index (χ1n) is 5.75. The fourth-order valence-corrected chi connectivity index (χ4v) is 1.64. The Bertz CT molecular complexity index is 464. The summed E-state index contributed by atoms with van der Waals surface area (Å²) in [5.74, 6) is 0.744. The molecule has 0 bridgehead atoms. The van der Waals surface area contributed by atoms with Crippen molar-refractivity contribution in [2.24, 2.45) is 0 Å². The molecule has 0 radical (unpaired) electrons. The zero-order chi connectivity index (χ0) is 12.6. The zero-order valence-electron chi connectivity index (χ0n) is 9.95. The Morgan fingerprint density at radius 1 is 0.944 bits per heavy atom. The predicted molar refractivity (Wildman–Crippen MR) is 72.9 cm³/mol. The average Bonchev–Trinajstić information content (AvgIpc) is 2.41. The van der Waals surface area contributed by atoms with Crippen molar-refractivity contribution in [3.05, 3.63) is 66.2 Å². The van der Waals surface area contributed by atoms with Crippen LogP contribution in [0.2, 0.25) is 0 Å². The third-order valence-electron chi connectivity index (χ3n) is 2.46. The second-order valence-electron chi connectivity index (χ2n) is 3.79. The number of para-hydroxylation sites is 1. The molecule has 2 aromatic carbocycles. The van der Waals surface area contributed by atoms with Crippen LogP contribution in [0.25, 0.3) is 0 Å². The number of rotatable bonds is 5. The monoisotopic (exact) mass is 236 g/mol.